The van der Waals surface area contributed by atoms with Crippen LogP contribution in [-0.4, -0.2) is 42.7 Å². The highest BCUT2D eigenvalue weighted by molar-refractivity contribution is 7.99. The molecule has 1 aromatic rings. The molecule has 2 heterocycles. The highest BCUT2D eigenvalue weighted by Crippen LogP contribution is 2.26. The molecule has 2 saturated heterocycles. The number of nitrogens with zero attached hydrogens (tertiary/aromatic N) is 1. The van der Waals surface area contributed by atoms with E-state index in [2.05, 4.69) is 40.5 Å². The van der Waals surface area contributed by atoms with Crippen molar-refractivity contribution in [1.29, 1.82) is 0 Å². The molecule has 3 nitrogen and oxygen atoms in total. The molecule has 0 spiro atoms. The van der Waals surface area contributed by atoms with Crippen LogP contribution in [0.1, 0.15) is 25.7 Å². The summed E-state index contributed by atoms with van der Waals surface area (Å²) in [7, 11) is 0. The lowest BCUT2D eigenvalue weighted by atomic mass is 10.0. The molecule has 120 valence electrons. The predicted octanol–water partition coefficient (Wildman–Crippen LogP) is 3.02. The summed E-state index contributed by atoms with van der Waals surface area (Å²) in [4.78, 5) is 15.8. The largest absolute Gasteiger partial charge is 0.342 e. The number of hydrogen-bond acceptors (Lipinski definition) is 3. The number of rotatable bonds is 6. The third-order valence-corrected chi connectivity index (χ3v) is 6.04. The fourth-order valence-electron chi connectivity index (χ4n) is 3.37. The van der Waals surface area contributed by atoms with Gasteiger partial charge in [-0.2, -0.15) is 0 Å². The quantitative estimate of drug-likeness (QED) is 0.818. The van der Waals surface area contributed by atoms with Crippen LogP contribution < -0.4 is 5.32 Å². The topological polar surface area (TPSA) is 32.3 Å². The van der Waals surface area contributed by atoms with Gasteiger partial charge >= 0.3 is 0 Å². The minimum atomic E-state index is 0.374. The van der Waals surface area contributed by atoms with Gasteiger partial charge in [-0.3, -0.25) is 4.79 Å². The van der Waals surface area contributed by atoms with E-state index in [-0.39, 0.29) is 0 Å². The number of nitrogens with one attached hydrogen (secondary N) is 1. The van der Waals surface area contributed by atoms with Crippen molar-refractivity contribution in [3.05, 3.63) is 30.3 Å². The second-order valence-corrected chi connectivity index (χ2v) is 7.61. The third-order valence-electron chi connectivity index (χ3n) is 4.80. The van der Waals surface area contributed by atoms with E-state index in [0.29, 0.717) is 11.8 Å². The van der Waals surface area contributed by atoms with Crippen LogP contribution in [0.15, 0.2) is 35.2 Å². The van der Waals surface area contributed by atoms with Crippen molar-refractivity contribution >= 4 is 17.7 Å². The molecular formula is C18H26N2OS. The van der Waals surface area contributed by atoms with Crippen molar-refractivity contribution < 1.29 is 4.79 Å². The maximum atomic E-state index is 12.3. The second kappa shape index (κ2) is 8.02. The molecule has 2 fully saturated rings. The smallest absolute Gasteiger partial charge is 0.222 e. The average molecular weight is 318 g/mol. The van der Waals surface area contributed by atoms with Gasteiger partial charge in [0.15, 0.2) is 0 Å². The Bertz CT molecular complexity index is 473. The summed E-state index contributed by atoms with van der Waals surface area (Å²) in [6, 6.07) is 10.6. The molecule has 2 aliphatic rings. The number of likely N-dealkylation sites (tertiary alicyclic amines) is 1. The number of hydrogen-bond donors (Lipinski definition) is 1. The van der Waals surface area contributed by atoms with E-state index < -0.39 is 0 Å². The zero-order chi connectivity index (χ0) is 15.2. The molecule has 2 unspecified atom stereocenters. The molecule has 4 heteroatoms. The summed E-state index contributed by atoms with van der Waals surface area (Å²) in [6.45, 7) is 4.15. The van der Waals surface area contributed by atoms with Gasteiger partial charge in [0.25, 0.3) is 0 Å². The lowest BCUT2D eigenvalue weighted by Crippen LogP contribution is -2.29. The molecule has 0 aliphatic carbocycles. The van der Waals surface area contributed by atoms with Crippen molar-refractivity contribution in [2.75, 3.05) is 31.9 Å². The van der Waals surface area contributed by atoms with Gasteiger partial charge < -0.3 is 10.2 Å². The van der Waals surface area contributed by atoms with Crippen molar-refractivity contribution in [3.63, 3.8) is 0 Å². The van der Waals surface area contributed by atoms with Crippen molar-refractivity contribution in [2.24, 2.45) is 11.8 Å². The van der Waals surface area contributed by atoms with Gasteiger partial charge in [0.05, 0.1) is 0 Å². The summed E-state index contributed by atoms with van der Waals surface area (Å²) in [5.41, 5.74) is 0. The number of amides is 1. The van der Waals surface area contributed by atoms with Crippen LogP contribution in [-0.2, 0) is 4.79 Å². The lowest BCUT2D eigenvalue weighted by Gasteiger charge is -2.17. The van der Waals surface area contributed by atoms with E-state index in [1.54, 1.807) is 0 Å². The van der Waals surface area contributed by atoms with Crippen LogP contribution in [0.2, 0.25) is 0 Å². The molecular weight excluding hydrogens is 292 g/mol. The Kier molecular flexibility index (Phi) is 5.79. The van der Waals surface area contributed by atoms with Crippen LogP contribution in [0, 0.1) is 11.8 Å². The maximum Gasteiger partial charge on any atom is 0.222 e. The molecule has 1 N–H and O–H groups in total. The van der Waals surface area contributed by atoms with Gasteiger partial charge in [-0.25, -0.2) is 0 Å². The zero-order valence-electron chi connectivity index (χ0n) is 13.2. The van der Waals surface area contributed by atoms with Gasteiger partial charge in [-0.1, -0.05) is 18.2 Å². The molecule has 22 heavy (non-hydrogen) atoms. The highest BCUT2D eigenvalue weighted by atomic mass is 32.2. The summed E-state index contributed by atoms with van der Waals surface area (Å²) >= 11 is 1.92. The Hall–Kier alpha value is -1.00. The predicted molar refractivity (Wildman–Crippen MR) is 92.1 cm³/mol. The van der Waals surface area contributed by atoms with E-state index in [9.17, 15) is 4.79 Å². The van der Waals surface area contributed by atoms with Gasteiger partial charge in [0.2, 0.25) is 5.91 Å². The van der Waals surface area contributed by atoms with Crippen LogP contribution in [0.5, 0.6) is 0 Å². The molecule has 2 aliphatic heterocycles. The minimum absolute atomic E-state index is 0.374. The van der Waals surface area contributed by atoms with Gasteiger partial charge in [0, 0.05) is 30.2 Å². The van der Waals surface area contributed by atoms with Gasteiger partial charge in [0.1, 0.15) is 0 Å². The Morgan fingerprint density at radius 1 is 1.23 bits per heavy atom. The van der Waals surface area contributed by atoms with E-state index in [0.717, 1.165) is 57.1 Å². The molecule has 1 amide bonds. The maximum absolute atomic E-state index is 12.3. The Morgan fingerprint density at radius 3 is 2.86 bits per heavy atom. The second-order valence-electron chi connectivity index (χ2n) is 6.52. The first kappa shape index (κ1) is 15.9. The summed E-state index contributed by atoms with van der Waals surface area (Å²) < 4.78 is 0. The zero-order valence-corrected chi connectivity index (χ0v) is 14.0. The summed E-state index contributed by atoms with van der Waals surface area (Å²) in [5, 5.41) is 3.38. The first-order chi connectivity index (χ1) is 10.8. The van der Waals surface area contributed by atoms with Crippen molar-refractivity contribution in [1.82, 2.24) is 10.2 Å². The summed E-state index contributed by atoms with van der Waals surface area (Å²) in [5.74, 6) is 2.87. The fourth-order valence-corrected chi connectivity index (χ4v) is 4.42. The van der Waals surface area contributed by atoms with Crippen LogP contribution in [0.4, 0.5) is 0 Å². The average Bonchev–Trinajstić information content (AvgIpc) is 3.23. The Morgan fingerprint density at radius 2 is 2.09 bits per heavy atom. The molecule has 3 rings (SSSR count). The third kappa shape index (κ3) is 4.50. The standard InChI is InChI=1S/C18H26N2OS/c21-18(7-6-15-8-10-19-12-15)20-11-9-16(13-20)14-22-17-4-2-1-3-5-17/h1-5,15-16,19H,6-14H2. The number of thioether (sulfide) groups is 1. The number of carbonyl (C=O) groups excluding carboxylic acids is 1. The fraction of sp³-hybridized carbons (Fsp3) is 0.611. The number of carbonyl (C=O) groups is 1. The normalized spacial score (nSPS) is 24.8. The molecule has 0 saturated carbocycles. The Balaban J connectivity index is 1.37. The molecule has 0 aromatic heterocycles. The number of benzene rings is 1. The lowest BCUT2D eigenvalue weighted by molar-refractivity contribution is -0.130. The van der Waals surface area contributed by atoms with Gasteiger partial charge in [-0.15, -0.1) is 11.8 Å². The van der Waals surface area contributed by atoms with E-state index in [1.807, 2.05) is 11.8 Å². The molecule has 0 bridgehead atoms. The minimum Gasteiger partial charge on any atom is -0.342 e. The molecule has 1 aromatic carbocycles. The van der Waals surface area contributed by atoms with Crippen molar-refractivity contribution in [2.45, 2.75) is 30.6 Å². The van der Waals surface area contributed by atoms with Gasteiger partial charge in [-0.05, 0) is 56.3 Å². The van der Waals surface area contributed by atoms with E-state index in [1.165, 1.54) is 11.3 Å². The first-order valence-corrected chi connectivity index (χ1v) is 9.46. The SMILES string of the molecule is O=C(CCC1CCNC1)N1CCC(CSc2ccccc2)C1. The summed E-state index contributed by atoms with van der Waals surface area (Å²) in [6.07, 6.45) is 4.21. The first-order valence-electron chi connectivity index (χ1n) is 8.47. The molecule has 2 atom stereocenters. The van der Waals surface area contributed by atoms with Crippen LogP contribution in [0.3, 0.4) is 0 Å². The monoisotopic (exact) mass is 318 g/mol. The van der Waals surface area contributed by atoms with E-state index in [4.69, 9.17) is 0 Å². The van der Waals surface area contributed by atoms with Crippen molar-refractivity contribution in [3.8, 4) is 0 Å². The molecule has 0 radical (unpaired) electrons. The van der Waals surface area contributed by atoms with Crippen LogP contribution in [0.25, 0.3) is 0 Å². The van der Waals surface area contributed by atoms with E-state index >= 15 is 0 Å². The Labute approximate surface area is 137 Å². The van der Waals surface area contributed by atoms with Crippen LogP contribution >= 0.6 is 11.8 Å². The highest BCUT2D eigenvalue weighted by Gasteiger charge is 2.26.